The van der Waals surface area contributed by atoms with Crippen LogP contribution in [0.25, 0.3) is 0 Å². The van der Waals surface area contributed by atoms with Crippen LogP contribution in [-0.2, 0) is 11.2 Å². The summed E-state index contributed by atoms with van der Waals surface area (Å²) in [6, 6.07) is 10.6. The summed E-state index contributed by atoms with van der Waals surface area (Å²) in [7, 11) is 1.84. The van der Waals surface area contributed by atoms with Gasteiger partial charge < -0.3 is 10.1 Å². The highest BCUT2D eigenvalue weighted by molar-refractivity contribution is 5.85. The van der Waals surface area contributed by atoms with Gasteiger partial charge >= 0.3 is 0 Å². The van der Waals surface area contributed by atoms with Gasteiger partial charge in [-0.05, 0) is 31.5 Å². The molecule has 0 spiro atoms. The molecule has 3 heteroatoms. The van der Waals surface area contributed by atoms with Crippen molar-refractivity contribution in [3.05, 3.63) is 35.9 Å². The average Bonchev–Trinajstić information content (AvgIpc) is 2.32. The Morgan fingerprint density at radius 2 is 1.81 bits per heavy atom. The first-order chi connectivity index (χ1) is 7.35. The second kappa shape index (κ2) is 6.24. The van der Waals surface area contributed by atoms with E-state index in [1.807, 2.05) is 7.11 Å². The molecule has 0 aromatic heterocycles. The van der Waals surface area contributed by atoms with E-state index in [4.69, 9.17) is 4.74 Å². The molecule has 1 heterocycles. The molecular weight excluding hydrogens is 222 g/mol. The molecule has 1 N–H and O–H groups in total. The zero-order valence-corrected chi connectivity index (χ0v) is 10.6. The minimum Gasteiger partial charge on any atom is -0.378 e. The van der Waals surface area contributed by atoms with Gasteiger partial charge in [-0.25, -0.2) is 0 Å². The molecule has 1 aliphatic rings. The van der Waals surface area contributed by atoms with Crippen molar-refractivity contribution in [2.45, 2.75) is 24.9 Å². The molecule has 0 unspecified atom stereocenters. The van der Waals surface area contributed by atoms with E-state index in [1.165, 1.54) is 5.56 Å². The van der Waals surface area contributed by atoms with Crippen LogP contribution in [0, 0.1) is 0 Å². The number of piperidine rings is 1. The van der Waals surface area contributed by atoms with Crippen LogP contribution < -0.4 is 5.32 Å². The van der Waals surface area contributed by atoms with Crippen molar-refractivity contribution < 1.29 is 4.74 Å². The second-order valence-electron chi connectivity index (χ2n) is 4.30. The lowest BCUT2D eigenvalue weighted by Crippen LogP contribution is -2.44. The van der Waals surface area contributed by atoms with Crippen molar-refractivity contribution in [2.75, 3.05) is 20.2 Å². The number of hydrogen-bond acceptors (Lipinski definition) is 2. The molecule has 0 radical (unpaired) electrons. The largest absolute Gasteiger partial charge is 0.378 e. The molecule has 0 amide bonds. The highest BCUT2D eigenvalue weighted by Gasteiger charge is 2.31. The smallest absolute Gasteiger partial charge is 0.0743 e. The predicted molar refractivity (Wildman–Crippen MR) is 69.2 cm³/mol. The maximum absolute atomic E-state index is 5.74. The Morgan fingerprint density at radius 1 is 1.19 bits per heavy atom. The van der Waals surface area contributed by atoms with Crippen LogP contribution in [0.4, 0.5) is 0 Å². The highest BCUT2D eigenvalue weighted by Crippen LogP contribution is 2.26. The van der Waals surface area contributed by atoms with Gasteiger partial charge in [-0.3, -0.25) is 0 Å². The van der Waals surface area contributed by atoms with Gasteiger partial charge in [0.25, 0.3) is 0 Å². The lowest BCUT2D eigenvalue weighted by molar-refractivity contribution is -0.0333. The first-order valence-electron chi connectivity index (χ1n) is 5.64. The van der Waals surface area contributed by atoms with Gasteiger partial charge in [0.2, 0.25) is 0 Å². The Bertz CT molecular complexity index is 296. The molecule has 1 saturated heterocycles. The summed E-state index contributed by atoms with van der Waals surface area (Å²) >= 11 is 0. The third-order valence-corrected chi connectivity index (χ3v) is 3.32. The Morgan fingerprint density at radius 3 is 2.38 bits per heavy atom. The number of nitrogens with one attached hydrogen (secondary N) is 1. The Balaban J connectivity index is 0.00000128. The van der Waals surface area contributed by atoms with E-state index in [-0.39, 0.29) is 18.0 Å². The lowest BCUT2D eigenvalue weighted by atomic mass is 9.86. The summed E-state index contributed by atoms with van der Waals surface area (Å²) in [6.45, 7) is 2.14. The zero-order chi connectivity index (χ0) is 10.6. The second-order valence-corrected chi connectivity index (χ2v) is 4.30. The van der Waals surface area contributed by atoms with Crippen molar-refractivity contribution >= 4 is 12.4 Å². The standard InChI is InChI=1S/C13H19NO.ClH/c1-15-13(7-9-14-10-8-13)11-12-5-3-2-4-6-12;/h2-6,14H,7-11H2,1H3;1H. The molecule has 0 bridgehead atoms. The summed E-state index contributed by atoms with van der Waals surface area (Å²) in [5.74, 6) is 0. The lowest BCUT2D eigenvalue weighted by Gasteiger charge is -2.36. The van der Waals surface area contributed by atoms with Gasteiger partial charge in [-0.15, -0.1) is 12.4 Å². The van der Waals surface area contributed by atoms with Crippen LogP contribution in [0.2, 0.25) is 0 Å². The van der Waals surface area contributed by atoms with Gasteiger partial charge in [0.05, 0.1) is 5.60 Å². The molecule has 2 nitrogen and oxygen atoms in total. The van der Waals surface area contributed by atoms with Crippen LogP contribution in [0.3, 0.4) is 0 Å². The normalized spacial score (nSPS) is 18.8. The number of rotatable bonds is 3. The van der Waals surface area contributed by atoms with Gasteiger partial charge in [0.1, 0.15) is 0 Å². The minimum atomic E-state index is 0. The van der Waals surface area contributed by atoms with E-state index < -0.39 is 0 Å². The molecule has 1 fully saturated rings. The maximum Gasteiger partial charge on any atom is 0.0743 e. The summed E-state index contributed by atoms with van der Waals surface area (Å²) in [6.07, 6.45) is 3.25. The van der Waals surface area contributed by atoms with Gasteiger partial charge in [-0.2, -0.15) is 0 Å². The third kappa shape index (κ3) is 3.21. The third-order valence-electron chi connectivity index (χ3n) is 3.32. The summed E-state index contributed by atoms with van der Waals surface area (Å²) in [5.41, 5.74) is 1.44. The highest BCUT2D eigenvalue weighted by atomic mass is 35.5. The minimum absolute atomic E-state index is 0. The molecule has 1 aliphatic heterocycles. The average molecular weight is 242 g/mol. The molecular formula is C13H20ClNO. The Kier molecular flexibility index (Phi) is 5.26. The summed E-state index contributed by atoms with van der Waals surface area (Å²) in [5, 5.41) is 3.38. The van der Waals surface area contributed by atoms with Crippen LogP contribution in [0.5, 0.6) is 0 Å². The molecule has 1 aromatic carbocycles. The number of halogens is 1. The Hall–Kier alpha value is -0.570. The van der Waals surface area contributed by atoms with Crippen LogP contribution in [0.15, 0.2) is 30.3 Å². The molecule has 16 heavy (non-hydrogen) atoms. The zero-order valence-electron chi connectivity index (χ0n) is 9.74. The van der Waals surface area contributed by atoms with E-state index >= 15 is 0 Å². The fourth-order valence-corrected chi connectivity index (χ4v) is 2.30. The van der Waals surface area contributed by atoms with Crippen LogP contribution in [-0.4, -0.2) is 25.8 Å². The van der Waals surface area contributed by atoms with Crippen molar-refractivity contribution in [3.8, 4) is 0 Å². The van der Waals surface area contributed by atoms with Gasteiger partial charge in [-0.1, -0.05) is 30.3 Å². The van der Waals surface area contributed by atoms with Crippen molar-refractivity contribution in [3.63, 3.8) is 0 Å². The first kappa shape index (κ1) is 13.5. The Labute approximate surface area is 104 Å². The topological polar surface area (TPSA) is 21.3 Å². The number of methoxy groups -OCH3 is 1. The van der Waals surface area contributed by atoms with Crippen molar-refractivity contribution in [1.29, 1.82) is 0 Å². The van der Waals surface area contributed by atoms with Crippen LogP contribution in [0.1, 0.15) is 18.4 Å². The summed E-state index contributed by atoms with van der Waals surface area (Å²) < 4.78 is 5.74. The van der Waals surface area contributed by atoms with Crippen LogP contribution >= 0.6 is 12.4 Å². The fraction of sp³-hybridized carbons (Fsp3) is 0.538. The first-order valence-corrected chi connectivity index (χ1v) is 5.64. The van der Waals surface area contributed by atoms with Crippen molar-refractivity contribution in [1.82, 2.24) is 5.32 Å². The number of benzene rings is 1. The van der Waals surface area contributed by atoms with E-state index in [0.29, 0.717) is 0 Å². The van der Waals surface area contributed by atoms with E-state index in [2.05, 4.69) is 35.6 Å². The van der Waals surface area contributed by atoms with E-state index in [1.54, 1.807) is 0 Å². The predicted octanol–water partition coefficient (Wildman–Crippen LogP) is 2.42. The molecule has 90 valence electrons. The fourth-order valence-electron chi connectivity index (χ4n) is 2.30. The van der Waals surface area contributed by atoms with Gasteiger partial charge in [0, 0.05) is 13.5 Å². The number of hydrogen-bond donors (Lipinski definition) is 1. The van der Waals surface area contributed by atoms with E-state index in [0.717, 1.165) is 32.4 Å². The molecule has 1 aromatic rings. The quantitative estimate of drug-likeness (QED) is 0.878. The van der Waals surface area contributed by atoms with Crippen molar-refractivity contribution in [2.24, 2.45) is 0 Å². The monoisotopic (exact) mass is 241 g/mol. The maximum atomic E-state index is 5.74. The molecule has 0 saturated carbocycles. The molecule has 2 rings (SSSR count). The van der Waals surface area contributed by atoms with E-state index in [9.17, 15) is 0 Å². The molecule has 0 aliphatic carbocycles. The molecule has 0 atom stereocenters. The SMILES string of the molecule is COC1(Cc2ccccc2)CCNCC1.Cl. The van der Waals surface area contributed by atoms with Gasteiger partial charge in [0.15, 0.2) is 0 Å². The summed E-state index contributed by atoms with van der Waals surface area (Å²) in [4.78, 5) is 0. The number of ether oxygens (including phenoxy) is 1.